The molecular formula is C7H5CoO2+. The Morgan fingerprint density at radius 2 is 1.80 bits per heavy atom. The second-order valence-electron chi connectivity index (χ2n) is 1.79. The number of aromatic carboxylic acids is 1. The van der Waals surface area contributed by atoms with Gasteiger partial charge in [0.05, 0.1) is 0 Å². The van der Waals surface area contributed by atoms with Crippen LogP contribution in [0, 0.1) is 0 Å². The van der Waals surface area contributed by atoms with Gasteiger partial charge in [0.2, 0.25) is 0 Å². The van der Waals surface area contributed by atoms with E-state index in [1.54, 1.807) is 12.1 Å². The van der Waals surface area contributed by atoms with E-state index in [4.69, 9.17) is 5.11 Å². The summed E-state index contributed by atoms with van der Waals surface area (Å²) in [6.45, 7) is 0. The summed E-state index contributed by atoms with van der Waals surface area (Å²) in [6, 6.07) is 6.32. The van der Waals surface area contributed by atoms with Crippen LogP contribution in [0.4, 0.5) is 0 Å². The molecule has 1 aromatic carbocycles. The first-order valence-electron chi connectivity index (χ1n) is 2.67. The molecule has 0 spiro atoms. The molecule has 3 heteroatoms. The normalized spacial score (nSPS) is 9.30. The molecule has 0 atom stereocenters. The fraction of sp³-hybridized carbons (Fsp3) is 0. The number of carboxylic acids is 1. The van der Waals surface area contributed by atoms with Crippen molar-refractivity contribution in [1.82, 2.24) is 0 Å². The van der Waals surface area contributed by atoms with Crippen LogP contribution in [-0.4, -0.2) is 11.1 Å². The third-order valence-corrected chi connectivity index (χ3v) is 1.42. The molecule has 0 amide bonds. The maximum atomic E-state index is 10.3. The Bertz CT molecular complexity index is 240. The summed E-state index contributed by atoms with van der Waals surface area (Å²) in [5.41, 5.74) is 0.289. The number of benzene rings is 1. The summed E-state index contributed by atoms with van der Waals surface area (Å²) in [7, 11) is 0. The topological polar surface area (TPSA) is 37.3 Å². The van der Waals surface area contributed by atoms with Crippen LogP contribution >= 0.6 is 0 Å². The molecule has 0 fully saturated rings. The first kappa shape index (κ1) is 7.31. The molecule has 0 unspecified atom stereocenters. The average Bonchev–Trinajstić information content (AvgIpc) is 1.88. The van der Waals surface area contributed by atoms with Crippen molar-refractivity contribution in [3.05, 3.63) is 29.8 Å². The molecule has 0 aromatic heterocycles. The Balaban J connectivity index is 3.00. The Morgan fingerprint density at radius 1 is 1.30 bits per heavy atom. The number of carboxylic acid groups (broad SMARTS) is 1. The van der Waals surface area contributed by atoms with Gasteiger partial charge in [0, 0.05) is 0 Å². The molecule has 1 rings (SSSR count). The van der Waals surface area contributed by atoms with E-state index >= 15 is 0 Å². The van der Waals surface area contributed by atoms with Crippen molar-refractivity contribution in [2.24, 2.45) is 0 Å². The van der Waals surface area contributed by atoms with Crippen LogP contribution in [0.25, 0.3) is 0 Å². The Morgan fingerprint density at radius 3 is 2.20 bits per heavy atom. The van der Waals surface area contributed by atoms with Gasteiger partial charge in [-0.1, -0.05) is 0 Å². The molecular weight excluding hydrogens is 175 g/mol. The van der Waals surface area contributed by atoms with Gasteiger partial charge in [-0.15, -0.1) is 0 Å². The van der Waals surface area contributed by atoms with Crippen LogP contribution < -0.4 is 4.50 Å². The molecule has 0 bridgehead atoms. The summed E-state index contributed by atoms with van der Waals surface area (Å²) in [5, 5.41) is 8.45. The molecule has 0 radical (unpaired) electrons. The van der Waals surface area contributed by atoms with Crippen molar-refractivity contribution in [2.75, 3.05) is 0 Å². The number of hydrogen-bond donors (Lipinski definition) is 1. The molecule has 0 aliphatic heterocycles. The van der Waals surface area contributed by atoms with Crippen LogP contribution in [0.2, 0.25) is 0 Å². The summed E-state index contributed by atoms with van der Waals surface area (Å²) >= 11 is 4.05. The third kappa shape index (κ3) is 1.59. The molecule has 0 aliphatic carbocycles. The minimum absolute atomic E-state index is 0.289. The molecule has 2 nitrogen and oxygen atoms in total. The Hall–Kier alpha value is -0.804. The van der Waals surface area contributed by atoms with E-state index in [0.29, 0.717) is 0 Å². The van der Waals surface area contributed by atoms with Gasteiger partial charge in [-0.25, -0.2) is 0 Å². The van der Waals surface area contributed by atoms with Gasteiger partial charge in [0.25, 0.3) is 0 Å². The first-order chi connectivity index (χ1) is 4.70. The number of hydrogen-bond acceptors (Lipinski definition) is 1. The summed E-state index contributed by atoms with van der Waals surface area (Å²) < 4.78 is 0.762. The van der Waals surface area contributed by atoms with Crippen LogP contribution in [0.15, 0.2) is 24.3 Å². The van der Waals surface area contributed by atoms with E-state index in [9.17, 15) is 4.79 Å². The van der Waals surface area contributed by atoms with Gasteiger partial charge >= 0.3 is 65.9 Å². The van der Waals surface area contributed by atoms with E-state index in [2.05, 4.69) is 15.7 Å². The minimum atomic E-state index is -0.910. The van der Waals surface area contributed by atoms with Crippen molar-refractivity contribution in [3.8, 4) is 0 Å². The standard InChI is InChI=1S/C7H5O2.Co/c8-7(9)6-4-2-1-3-5-6;/h2-5H,(H,8,9);/q;+1. The molecule has 53 valence electrons. The van der Waals surface area contributed by atoms with E-state index in [1.807, 2.05) is 0 Å². The van der Waals surface area contributed by atoms with Crippen molar-refractivity contribution in [1.29, 1.82) is 0 Å². The molecule has 10 heavy (non-hydrogen) atoms. The monoisotopic (exact) mass is 180 g/mol. The van der Waals surface area contributed by atoms with Crippen LogP contribution in [0.5, 0.6) is 0 Å². The fourth-order valence-corrected chi connectivity index (χ4v) is 0.759. The van der Waals surface area contributed by atoms with Gasteiger partial charge in [0.1, 0.15) is 0 Å². The van der Waals surface area contributed by atoms with Gasteiger partial charge in [-0.05, 0) is 0 Å². The Kier molecular flexibility index (Phi) is 2.08. The van der Waals surface area contributed by atoms with Crippen molar-refractivity contribution < 1.29 is 25.6 Å². The summed E-state index contributed by atoms with van der Waals surface area (Å²) in [6.07, 6.45) is 0. The molecule has 1 N–H and O–H groups in total. The van der Waals surface area contributed by atoms with E-state index in [-0.39, 0.29) is 5.56 Å². The zero-order chi connectivity index (χ0) is 7.56. The second kappa shape index (κ2) is 2.85. The van der Waals surface area contributed by atoms with Crippen LogP contribution in [0.3, 0.4) is 0 Å². The van der Waals surface area contributed by atoms with Crippen molar-refractivity contribution in [2.45, 2.75) is 0 Å². The van der Waals surface area contributed by atoms with Crippen molar-refractivity contribution in [3.63, 3.8) is 0 Å². The molecule has 0 saturated carbocycles. The van der Waals surface area contributed by atoms with Crippen LogP contribution in [-0.2, 0) is 15.7 Å². The number of rotatable bonds is 1. The van der Waals surface area contributed by atoms with Gasteiger partial charge in [0.15, 0.2) is 0 Å². The SMILES string of the molecule is O=C(O)c1cc[c]([Co+])cc1. The van der Waals surface area contributed by atoms with Gasteiger partial charge < -0.3 is 0 Å². The van der Waals surface area contributed by atoms with Gasteiger partial charge in [-0.3, -0.25) is 0 Å². The molecule has 0 heterocycles. The predicted octanol–water partition coefficient (Wildman–Crippen LogP) is 0.557. The Labute approximate surface area is 66.5 Å². The molecule has 0 saturated heterocycles. The molecule has 1 aromatic rings. The fourth-order valence-electron chi connectivity index (χ4n) is 0.585. The second-order valence-corrected chi connectivity index (χ2v) is 2.39. The number of carbonyl (C=O) groups is 1. The predicted molar refractivity (Wildman–Crippen MR) is 33.0 cm³/mol. The quantitative estimate of drug-likeness (QED) is 0.685. The van der Waals surface area contributed by atoms with E-state index in [0.717, 1.165) is 4.50 Å². The van der Waals surface area contributed by atoms with Crippen molar-refractivity contribution >= 4 is 10.5 Å². The molecule has 0 aliphatic rings. The van der Waals surface area contributed by atoms with Crippen LogP contribution in [0.1, 0.15) is 10.4 Å². The van der Waals surface area contributed by atoms with E-state index in [1.165, 1.54) is 12.1 Å². The van der Waals surface area contributed by atoms with E-state index < -0.39 is 5.97 Å². The zero-order valence-corrected chi connectivity index (χ0v) is 6.04. The third-order valence-electron chi connectivity index (χ3n) is 1.08. The van der Waals surface area contributed by atoms with Gasteiger partial charge in [-0.2, -0.15) is 0 Å². The summed E-state index contributed by atoms with van der Waals surface area (Å²) in [5.74, 6) is -0.910. The zero-order valence-electron chi connectivity index (χ0n) is 5.00. The first-order valence-corrected chi connectivity index (χ1v) is 3.19. The summed E-state index contributed by atoms with van der Waals surface area (Å²) in [4.78, 5) is 10.3. The maximum absolute atomic E-state index is 10.3. The average molecular weight is 180 g/mol.